The Morgan fingerprint density at radius 1 is 1.11 bits per heavy atom. The quantitative estimate of drug-likeness (QED) is 0.335. The number of nitrogens with two attached hydrogens (primary N) is 1. The van der Waals surface area contributed by atoms with Crippen LogP contribution in [-0.2, 0) is 17.5 Å². The van der Waals surface area contributed by atoms with Crippen molar-refractivity contribution in [1.82, 2.24) is 25.3 Å². The Kier molecular flexibility index (Phi) is 6.94. The van der Waals surface area contributed by atoms with Crippen LogP contribution in [0.25, 0.3) is 22.3 Å². The molecule has 0 radical (unpaired) electrons. The molecule has 0 bridgehead atoms. The SMILES string of the molecule is CC(C)(C)OC(=O)NCc1cc(C(F)(F)F)ccc1-c1cc(Oc2cccc3[nH]c(=O)c(N)nc23)ncn1. The highest BCUT2D eigenvalue weighted by molar-refractivity contribution is 5.82. The van der Waals surface area contributed by atoms with Gasteiger partial charge in [0.1, 0.15) is 17.4 Å². The molecule has 2 heterocycles. The van der Waals surface area contributed by atoms with Crippen LogP contribution in [-0.4, -0.2) is 31.6 Å². The number of alkyl halides is 3. The third-order valence-electron chi connectivity index (χ3n) is 5.10. The van der Waals surface area contributed by atoms with Gasteiger partial charge in [-0.15, -0.1) is 0 Å². The molecule has 0 unspecified atom stereocenters. The van der Waals surface area contributed by atoms with E-state index in [9.17, 15) is 22.8 Å². The third kappa shape index (κ3) is 6.17. The lowest BCUT2D eigenvalue weighted by Crippen LogP contribution is -2.32. The summed E-state index contributed by atoms with van der Waals surface area (Å²) >= 11 is 0. The lowest BCUT2D eigenvalue weighted by atomic mass is 10.0. The molecule has 38 heavy (non-hydrogen) atoms. The molecule has 1 amide bonds. The summed E-state index contributed by atoms with van der Waals surface area (Å²) in [5, 5.41) is 2.48. The standard InChI is InChI=1S/C25H23F3N6O4/c1-24(2,3)38-23(36)30-11-13-9-14(25(26,27)28)7-8-15(13)17-10-19(32-12-31-17)37-18-6-4-5-16-20(18)34-21(29)22(35)33-16/h4-10,12H,11H2,1-3H3,(H2,29,34)(H,30,36)(H,33,35). The zero-order valence-electron chi connectivity index (χ0n) is 20.5. The van der Waals surface area contributed by atoms with Crippen molar-refractivity contribution in [2.45, 2.75) is 39.1 Å². The number of H-pyrrole nitrogens is 1. The minimum Gasteiger partial charge on any atom is -0.444 e. The van der Waals surface area contributed by atoms with Crippen LogP contribution in [0.2, 0.25) is 0 Å². The first-order chi connectivity index (χ1) is 17.8. The number of carbonyl (C=O) groups excluding carboxylic acids is 1. The first-order valence-corrected chi connectivity index (χ1v) is 11.3. The van der Waals surface area contributed by atoms with E-state index in [1.165, 1.54) is 18.5 Å². The molecule has 0 atom stereocenters. The van der Waals surface area contributed by atoms with Gasteiger partial charge in [-0.1, -0.05) is 12.1 Å². The Bertz CT molecular complexity index is 1560. The number of hydrogen-bond acceptors (Lipinski definition) is 8. The highest BCUT2D eigenvalue weighted by Crippen LogP contribution is 2.34. The van der Waals surface area contributed by atoms with Crippen LogP contribution in [0.5, 0.6) is 11.6 Å². The molecule has 0 saturated heterocycles. The number of benzene rings is 2. The molecule has 0 aliphatic carbocycles. The molecule has 0 aliphatic rings. The van der Waals surface area contributed by atoms with Crippen molar-refractivity contribution in [1.29, 1.82) is 0 Å². The molecular formula is C25H23F3N6O4. The first kappa shape index (κ1) is 26.4. The van der Waals surface area contributed by atoms with E-state index in [1.54, 1.807) is 39.0 Å². The zero-order chi connectivity index (χ0) is 27.7. The highest BCUT2D eigenvalue weighted by Gasteiger charge is 2.31. The maximum Gasteiger partial charge on any atom is 0.416 e. The van der Waals surface area contributed by atoms with Crippen molar-refractivity contribution < 1.29 is 27.4 Å². The summed E-state index contributed by atoms with van der Waals surface area (Å²) in [4.78, 5) is 38.8. The van der Waals surface area contributed by atoms with E-state index in [0.29, 0.717) is 11.1 Å². The molecule has 0 spiro atoms. The van der Waals surface area contributed by atoms with Gasteiger partial charge in [-0.3, -0.25) is 4.79 Å². The van der Waals surface area contributed by atoms with Crippen LogP contribution < -0.4 is 21.3 Å². The number of ether oxygens (including phenoxy) is 2. The molecular weight excluding hydrogens is 505 g/mol. The lowest BCUT2D eigenvalue weighted by molar-refractivity contribution is -0.137. The second-order valence-electron chi connectivity index (χ2n) is 9.17. The molecule has 13 heteroatoms. The summed E-state index contributed by atoms with van der Waals surface area (Å²) in [5.74, 6) is 0.0400. The molecule has 4 N–H and O–H groups in total. The minimum atomic E-state index is -4.59. The second kappa shape index (κ2) is 10.00. The van der Waals surface area contributed by atoms with Gasteiger partial charge in [0.05, 0.1) is 16.8 Å². The Labute approximate surface area is 214 Å². The number of rotatable bonds is 5. The van der Waals surface area contributed by atoms with E-state index in [1.807, 2.05) is 0 Å². The Morgan fingerprint density at radius 3 is 2.58 bits per heavy atom. The van der Waals surface area contributed by atoms with Gasteiger partial charge in [0.15, 0.2) is 11.6 Å². The highest BCUT2D eigenvalue weighted by atomic mass is 19.4. The van der Waals surface area contributed by atoms with Crippen molar-refractivity contribution in [3.8, 4) is 22.9 Å². The number of halogens is 3. The van der Waals surface area contributed by atoms with E-state index >= 15 is 0 Å². The van der Waals surface area contributed by atoms with E-state index in [-0.39, 0.29) is 40.8 Å². The number of nitrogen functional groups attached to an aromatic ring is 1. The number of alkyl carbamates (subject to hydrolysis) is 1. The molecule has 2 aromatic carbocycles. The van der Waals surface area contributed by atoms with E-state index in [4.69, 9.17) is 15.2 Å². The topological polar surface area (TPSA) is 145 Å². The van der Waals surface area contributed by atoms with Crippen LogP contribution in [0.15, 0.2) is 53.6 Å². The fourth-order valence-electron chi connectivity index (χ4n) is 3.48. The minimum absolute atomic E-state index is 0.0556. The van der Waals surface area contributed by atoms with Gasteiger partial charge < -0.3 is 25.5 Å². The predicted molar refractivity (Wildman–Crippen MR) is 132 cm³/mol. The average molecular weight is 528 g/mol. The van der Waals surface area contributed by atoms with Crippen LogP contribution in [0, 0.1) is 0 Å². The maximum absolute atomic E-state index is 13.4. The average Bonchev–Trinajstić information content (AvgIpc) is 2.82. The summed E-state index contributed by atoms with van der Waals surface area (Å²) in [5.41, 5.74) is 4.78. The second-order valence-corrected chi connectivity index (χ2v) is 9.17. The molecule has 0 aliphatic heterocycles. The molecule has 198 valence electrons. The number of carbonyl (C=O) groups is 1. The van der Waals surface area contributed by atoms with E-state index in [2.05, 4.69) is 25.3 Å². The Balaban J connectivity index is 1.68. The van der Waals surface area contributed by atoms with Crippen molar-refractivity contribution in [2.24, 2.45) is 0 Å². The monoisotopic (exact) mass is 528 g/mol. The van der Waals surface area contributed by atoms with Gasteiger partial charge in [-0.25, -0.2) is 19.7 Å². The maximum atomic E-state index is 13.4. The van der Waals surface area contributed by atoms with Crippen LogP contribution in [0.1, 0.15) is 31.9 Å². The fourth-order valence-corrected chi connectivity index (χ4v) is 3.48. The van der Waals surface area contributed by atoms with Gasteiger partial charge in [0, 0.05) is 18.2 Å². The Hall–Kier alpha value is -4.68. The van der Waals surface area contributed by atoms with Crippen LogP contribution >= 0.6 is 0 Å². The molecule has 10 nitrogen and oxygen atoms in total. The normalized spacial score (nSPS) is 11.8. The third-order valence-corrected chi connectivity index (χ3v) is 5.10. The lowest BCUT2D eigenvalue weighted by Gasteiger charge is -2.20. The van der Waals surface area contributed by atoms with E-state index < -0.39 is 29.0 Å². The van der Waals surface area contributed by atoms with Gasteiger partial charge in [-0.05, 0) is 50.6 Å². The molecule has 4 aromatic rings. The molecule has 0 saturated carbocycles. The summed E-state index contributed by atoms with van der Waals surface area (Å²) in [6, 6.07) is 9.37. The van der Waals surface area contributed by atoms with Crippen LogP contribution in [0.3, 0.4) is 0 Å². The number of hydrogen-bond donors (Lipinski definition) is 3. The summed E-state index contributed by atoms with van der Waals surface area (Å²) < 4.78 is 51.3. The van der Waals surface area contributed by atoms with E-state index in [0.717, 1.165) is 12.1 Å². The molecule has 0 fully saturated rings. The smallest absolute Gasteiger partial charge is 0.416 e. The number of anilines is 1. The predicted octanol–water partition coefficient (Wildman–Crippen LogP) is 4.80. The molecule has 4 rings (SSSR count). The van der Waals surface area contributed by atoms with Crippen molar-refractivity contribution >= 4 is 22.9 Å². The first-order valence-electron chi connectivity index (χ1n) is 11.3. The van der Waals surface area contributed by atoms with Gasteiger partial charge in [0.25, 0.3) is 5.56 Å². The summed E-state index contributed by atoms with van der Waals surface area (Å²) in [6.07, 6.45) is -4.20. The van der Waals surface area contributed by atoms with Gasteiger partial charge in [-0.2, -0.15) is 13.2 Å². The summed E-state index contributed by atoms with van der Waals surface area (Å²) in [7, 11) is 0. The number of fused-ring (bicyclic) bond motifs is 1. The number of para-hydroxylation sites is 1. The molecule has 2 aromatic heterocycles. The number of aromatic amines is 1. The summed E-state index contributed by atoms with van der Waals surface area (Å²) in [6.45, 7) is 4.75. The van der Waals surface area contributed by atoms with Gasteiger partial charge >= 0.3 is 12.3 Å². The number of nitrogens with one attached hydrogen (secondary N) is 2. The van der Waals surface area contributed by atoms with Crippen LogP contribution in [0.4, 0.5) is 23.8 Å². The van der Waals surface area contributed by atoms with Gasteiger partial charge in [0.2, 0.25) is 5.88 Å². The number of amides is 1. The van der Waals surface area contributed by atoms with Crippen molar-refractivity contribution in [3.05, 3.63) is 70.3 Å². The van der Waals surface area contributed by atoms with Crippen molar-refractivity contribution in [2.75, 3.05) is 5.73 Å². The fraction of sp³-hybridized carbons (Fsp3) is 0.240. The van der Waals surface area contributed by atoms with Crippen molar-refractivity contribution in [3.63, 3.8) is 0 Å². The largest absolute Gasteiger partial charge is 0.444 e. The number of aromatic nitrogens is 4. The number of nitrogens with zero attached hydrogens (tertiary/aromatic N) is 3. The zero-order valence-corrected chi connectivity index (χ0v) is 20.5. The Morgan fingerprint density at radius 2 is 1.87 bits per heavy atom.